The fraction of sp³-hybridized carbons (Fsp3) is 0.571. The van der Waals surface area contributed by atoms with Crippen molar-refractivity contribution < 1.29 is 0 Å². The molecule has 0 spiro atoms. The number of hydrogen-bond acceptors (Lipinski definition) is 4. The molecule has 0 unspecified atom stereocenters. The van der Waals surface area contributed by atoms with Crippen molar-refractivity contribution in [3.05, 3.63) is 24.0 Å². The first-order chi connectivity index (χ1) is 8.98. The van der Waals surface area contributed by atoms with Gasteiger partial charge in [-0.15, -0.1) is 0 Å². The number of piperidine rings is 1. The Labute approximate surface area is 120 Å². The lowest BCUT2D eigenvalue weighted by Crippen LogP contribution is -2.40. The summed E-state index contributed by atoms with van der Waals surface area (Å²) in [6.45, 7) is 5.67. The smallest absolute Gasteiger partial charge is 0.122 e. The molecule has 1 fully saturated rings. The van der Waals surface area contributed by atoms with Crippen LogP contribution in [0.15, 0.2) is 18.3 Å². The van der Waals surface area contributed by atoms with Gasteiger partial charge in [0.1, 0.15) is 4.99 Å². The molecule has 0 aliphatic carbocycles. The van der Waals surface area contributed by atoms with Gasteiger partial charge in [0.2, 0.25) is 0 Å². The third-order valence-electron chi connectivity index (χ3n) is 3.93. The molecule has 1 aliphatic rings. The van der Waals surface area contributed by atoms with Crippen LogP contribution in [0.5, 0.6) is 0 Å². The Bertz CT molecular complexity index is 453. The highest BCUT2D eigenvalue weighted by molar-refractivity contribution is 7.80. The van der Waals surface area contributed by atoms with E-state index >= 15 is 0 Å². The molecule has 0 bridgehead atoms. The standard InChI is InChI=1S/C14H22N4S/c1-14(4-7-18(2)8-5-14)10-17-11-3-6-16-12(9-11)13(15)19/h3,6,9H,4-5,7-8,10H2,1-2H3,(H2,15,19)(H,16,17). The minimum absolute atomic E-state index is 0.342. The van der Waals surface area contributed by atoms with Crippen molar-refractivity contribution in [3.63, 3.8) is 0 Å². The van der Waals surface area contributed by atoms with E-state index in [2.05, 4.69) is 29.2 Å². The molecule has 1 saturated heterocycles. The van der Waals surface area contributed by atoms with E-state index in [1.807, 2.05) is 12.1 Å². The van der Waals surface area contributed by atoms with E-state index in [0.717, 1.165) is 12.2 Å². The van der Waals surface area contributed by atoms with Crippen LogP contribution >= 0.6 is 12.2 Å². The molecule has 5 heteroatoms. The quantitative estimate of drug-likeness (QED) is 0.823. The lowest BCUT2D eigenvalue weighted by Gasteiger charge is -2.38. The third kappa shape index (κ3) is 3.88. The maximum Gasteiger partial charge on any atom is 0.122 e. The van der Waals surface area contributed by atoms with E-state index in [9.17, 15) is 0 Å². The molecule has 0 amide bonds. The summed E-state index contributed by atoms with van der Waals surface area (Å²) in [7, 11) is 2.18. The lowest BCUT2D eigenvalue weighted by molar-refractivity contribution is 0.150. The maximum atomic E-state index is 5.60. The Kier molecular flexibility index (Phi) is 4.37. The molecular formula is C14H22N4S. The predicted octanol–water partition coefficient (Wildman–Crippen LogP) is 1.86. The van der Waals surface area contributed by atoms with Crippen molar-refractivity contribution >= 4 is 22.9 Å². The largest absolute Gasteiger partial charge is 0.388 e. The fourth-order valence-corrected chi connectivity index (χ4v) is 2.44. The molecule has 0 aromatic carbocycles. The average Bonchev–Trinajstić information content (AvgIpc) is 2.41. The zero-order valence-electron chi connectivity index (χ0n) is 11.6. The van der Waals surface area contributed by atoms with Crippen LogP contribution in [0.1, 0.15) is 25.5 Å². The molecule has 19 heavy (non-hydrogen) atoms. The highest BCUT2D eigenvalue weighted by Crippen LogP contribution is 2.30. The van der Waals surface area contributed by atoms with Gasteiger partial charge in [0, 0.05) is 18.4 Å². The second kappa shape index (κ2) is 5.84. The Morgan fingerprint density at radius 3 is 2.84 bits per heavy atom. The highest BCUT2D eigenvalue weighted by atomic mass is 32.1. The van der Waals surface area contributed by atoms with Crippen molar-refractivity contribution in [1.29, 1.82) is 0 Å². The van der Waals surface area contributed by atoms with E-state index in [4.69, 9.17) is 18.0 Å². The number of rotatable bonds is 4. The molecule has 0 radical (unpaired) electrons. The van der Waals surface area contributed by atoms with Gasteiger partial charge in [-0.1, -0.05) is 19.1 Å². The Balaban J connectivity index is 1.95. The van der Waals surface area contributed by atoms with Crippen molar-refractivity contribution in [2.75, 3.05) is 32.0 Å². The van der Waals surface area contributed by atoms with Crippen molar-refractivity contribution in [2.24, 2.45) is 11.1 Å². The highest BCUT2D eigenvalue weighted by Gasteiger charge is 2.28. The van der Waals surface area contributed by atoms with E-state index in [1.54, 1.807) is 6.20 Å². The second-order valence-corrected chi connectivity index (χ2v) is 6.20. The first kappa shape index (κ1) is 14.2. The summed E-state index contributed by atoms with van der Waals surface area (Å²) in [5, 5.41) is 3.49. The van der Waals surface area contributed by atoms with Crippen molar-refractivity contribution in [2.45, 2.75) is 19.8 Å². The minimum Gasteiger partial charge on any atom is -0.388 e. The third-order valence-corrected chi connectivity index (χ3v) is 4.13. The molecule has 1 aromatic heterocycles. The molecule has 2 heterocycles. The number of likely N-dealkylation sites (tertiary alicyclic amines) is 1. The van der Waals surface area contributed by atoms with Gasteiger partial charge in [-0.2, -0.15) is 0 Å². The van der Waals surface area contributed by atoms with Gasteiger partial charge in [-0.3, -0.25) is 4.98 Å². The molecule has 0 atom stereocenters. The number of pyridine rings is 1. The van der Waals surface area contributed by atoms with E-state index in [0.29, 0.717) is 16.1 Å². The van der Waals surface area contributed by atoms with Gasteiger partial charge in [0.15, 0.2) is 0 Å². The molecule has 3 N–H and O–H groups in total. The van der Waals surface area contributed by atoms with Crippen LogP contribution in [-0.4, -0.2) is 41.6 Å². The topological polar surface area (TPSA) is 54.2 Å². The summed E-state index contributed by atoms with van der Waals surface area (Å²) in [4.78, 5) is 6.88. The number of hydrogen-bond donors (Lipinski definition) is 2. The fourth-order valence-electron chi connectivity index (χ4n) is 2.33. The summed E-state index contributed by atoms with van der Waals surface area (Å²) in [5.41, 5.74) is 7.67. The monoisotopic (exact) mass is 278 g/mol. The van der Waals surface area contributed by atoms with Gasteiger partial charge in [0.25, 0.3) is 0 Å². The van der Waals surface area contributed by atoms with Gasteiger partial charge in [-0.25, -0.2) is 0 Å². The molecular weight excluding hydrogens is 256 g/mol. The van der Waals surface area contributed by atoms with E-state index in [-0.39, 0.29) is 0 Å². The SMILES string of the molecule is CN1CCC(C)(CNc2ccnc(C(N)=S)c2)CC1. The molecule has 1 aromatic rings. The van der Waals surface area contributed by atoms with Crippen LogP contribution in [0.2, 0.25) is 0 Å². The van der Waals surface area contributed by atoms with Gasteiger partial charge >= 0.3 is 0 Å². The molecule has 104 valence electrons. The summed E-state index contributed by atoms with van der Waals surface area (Å²) < 4.78 is 0. The van der Waals surface area contributed by atoms with E-state index in [1.165, 1.54) is 25.9 Å². The summed E-state index contributed by atoms with van der Waals surface area (Å²) in [6, 6.07) is 3.88. The second-order valence-electron chi connectivity index (χ2n) is 5.76. The van der Waals surface area contributed by atoms with Crippen LogP contribution in [-0.2, 0) is 0 Å². The van der Waals surface area contributed by atoms with Crippen LogP contribution in [0.4, 0.5) is 5.69 Å². The maximum absolute atomic E-state index is 5.60. The van der Waals surface area contributed by atoms with Crippen molar-refractivity contribution in [1.82, 2.24) is 9.88 Å². The van der Waals surface area contributed by atoms with Gasteiger partial charge in [-0.05, 0) is 50.5 Å². The minimum atomic E-state index is 0.342. The Hall–Kier alpha value is -1.20. The number of thiocarbonyl (C=S) groups is 1. The Morgan fingerprint density at radius 2 is 2.21 bits per heavy atom. The lowest BCUT2D eigenvalue weighted by atomic mass is 9.80. The average molecular weight is 278 g/mol. The first-order valence-corrected chi connectivity index (χ1v) is 7.08. The zero-order valence-corrected chi connectivity index (χ0v) is 12.5. The molecule has 1 aliphatic heterocycles. The zero-order chi connectivity index (χ0) is 13.9. The molecule has 0 saturated carbocycles. The predicted molar refractivity (Wildman–Crippen MR) is 83.5 cm³/mol. The van der Waals surface area contributed by atoms with Crippen LogP contribution in [0.25, 0.3) is 0 Å². The van der Waals surface area contributed by atoms with Crippen LogP contribution < -0.4 is 11.1 Å². The Morgan fingerprint density at radius 1 is 1.53 bits per heavy atom. The summed E-state index contributed by atoms with van der Waals surface area (Å²) in [5.74, 6) is 0. The summed E-state index contributed by atoms with van der Waals surface area (Å²) in [6.07, 6.45) is 4.20. The number of nitrogens with two attached hydrogens (primary N) is 1. The van der Waals surface area contributed by atoms with Crippen molar-refractivity contribution in [3.8, 4) is 0 Å². The van der Waals surface area contributed by atoms with Gasteiger partial charge < -0.3 is 16.0 Å². The normalized spacial score (nSPS) is 19.1. The van der Waals surface area contributed by atoms with Gasteiger partial charge in [0.05, 0.1) is 5.69 Å². The number of aromatic nitrogens is 1. The number of nitrogens with one attached hydrogen (secondary N) is 1. The number of nitrogens with zero attached hydrogens (tertiary/aromatic N) is 2. The number of anilines is 1. The van der Waals surface area contributed by atoms with Crippen LogP contribution in [0, 0.1) is 5.41 Å². The van der Waals surface area contributed by atoms with E-state index < -0.39 is 0 Å². The molecule has 4 nitrogen and oxygen atoms in total. The molecule has 2 rings (SSSR count). The summed E-state index contributed by atoms with van der Waals surface area (Å²) >= 11 is 4.95. The first-order valence-electron chi connectivity index (χ1n) is 6.67. The van der Waals surface area contributed by atoms with Crippen LogP contribution in [0.3, 0.4) is 0 Å².